The number of aliphatic hydroxyl groups excluding tert-OH is 1. The molecule has 1 aromatic carbocycles. The molecule has 0 fully saturated rings. The molecule has 2 rings (SSSR count). The highest BCUT2D eigenvalue weighted by Crippen LogP contribution is 2.24. The molecule has 2 nitrogen and oxygen atoms in total. The monoisotopic (exact) mass is 311 g/mol. The van der Waals surface area contributed by atoms with Crippen molar-refractivity contribution in [3.8, 4) is 0 Å². The molecule has 0 aliphatic rings. The molecule has 5 heteroatoms. The van der Waals surface area contributed by atoms with Crippen LogP contribution in [0.4, 0.5) is 8.78 Å². The third kappa shape index (κ3) is 4.33. The summed E-state index contributed by atoms with van der Waals surface area (Å²) in [6.45, 7) is 2.40. The van der Waals surface area contributed by atoms with E-state index in [2.05, 4.69) is 18.3 Å². The zero-order chi connectivity index (χ0) is 15.2. The standard InChI is InChI=1S/C16H19F2NOS/c1-2-4-14(16-5-3-8-21-16)19-10-15(20)11-6-7-12(17)13(18)9-11/h3,5-9,14-15,19-20H,2,4,10H2,1H3. The van der Waals surface area contributed by atoms with E-state index >= 15 is 0 Å². The number of hydrogen-bond acceptors (Lipinski definition) is 3. The van der Waals surface area contributed by atoms with Crippen LogP contribution in [0.1, 0.15) is 42.4 Å². The van der Waals surface area contributed by atoms with E-state index in [1.54, 1.807) is 11.3 Å². The van der Waals surface area contributed by atoms with Crippen LogP contribution in [0.3, 0.4) is 0 Å². The number of thiophene rings is 1. The summed E-state index contributed by atoms with van der Waals surface area (Å²) in [5.74, 6) is -1.84. The van der Waals surface area contributed by atoms with Gasteiger partial charge in [0.05, 0.1) is 6.10 Å². The summed E-state index contributed by atoms with van der Waals surface area (Å²) in [5.41, 5.74) is 0.378. The summed E-state index contributed by atoms with van der Waals surface area (Å²) in [6, 6.07) is 7.72. The van der Waals surface area contributed by atoms with Gasteiger partial charge in [0.25, 0.3) is 0 Å². The molecule has 0 aliphatic carbocycles. The fraction of sp³-hybridized carbons (Fsp3) is 0.375. The highest BCUT2D eigenvalue weighted by atomic mass is 32.1. The Bertz CT molecular complexity index is 559. The van der Waals surface area contributed by atoms with Crippen molar-refractivity contribution in [1.29, 1.82) is 0 Å². The van der Waals surface area contributed by atoms with Gasteiger partial charge in [-0.05, 0) is 35.6 Å². The Hall–Kier alpha value is -1.30. The topological polar surface area (TPSA) is 32.3 Å². The van der Waals surface area contributed by atoms with Crippen LogP contribution in [0.15, 0.2) is 35.7 Å². The van der Waals surface area contributed by atoms with Gasteiger partial charge >= 0.3 is 0 Å². The maximum atomic E-state index is 13.2. The SMILES string of the molecule is CCCC(NCC(O)c1ccc(F)c(F)c1)c1cccs1. The Morgan fingerprint density at radius 3 is 2.67 bits per heavy atom. The van der Waals surface area contributed by atoms with Gasteiger partial charge < -0.3 is 10.4 Å². The zero-order valence-electron chi connectivity index (χ0n) is 11.9. The van der Waals surface area contributed by atoms with Crippen LogP contribution in [0, 0.1) is 11.6 Å². The highest BCUT2D eigenvalue weighted by molar-refractivity contribution is 7.10. The average Bonchev–Trinajstić information content (AvgIpc) is 3.00. The van der Waals surface area contributed by atoms with Gasteiger partial charge in [0, 0.05) is 17.5 Å². The largest absolute Gasteiger partial charge is 0.387 e. The van der Waals surface area contributed by atoms with Crippen LogP contribution in [0.25, 0.3) is 0 Å². The molecule has 2 unspecified atom stereocenters. The molecule has 0 aliphatic heterocycles. The van der Waals surface area contributed by atoms with Crippen LogP contribution in [0.2, 0.25) is 0 Å². The first-order chi connectivity index (χ1) is 10.1. The van der Waals surface area contributed by atoms with Crippen LogP contribution >= 0.6 is 11.3 Å². The van der Waals surface area contributed by atoms with E-state index in [4.69, 9.17) is 0 Å². The smallest absolute Gasteiger partial charge is 0.159 e. The normalized spacial score (nSPS) is 14.1. The molecule has 1 aromatic heterocycles. The van der Waals surface area contributed by atoms with Crippen LogP contribution in [-0.4, -0.2) is 11.7 Å². The Balaban J connectivity index is 1.98. The molecule has 0 saturated carbocycles. The third-order valence-corrected chi connectivity index (χ3v) is 4.34. The predicted molar refractivity (Wildman–Crippen MR) is 81.3 cm³/mol. The van der Waals surface area contributed by atoms with E-state index in [-0.39, 0.29) is 6.04 Å². The Labute approximate surface area is 127 Å². The fourth-order valence-corrected chi connectivity index (χ4v) is 3.05. The first kappa shape index (κ1) is 16.1. The zero-order valence-corrected chi connectivity index (χ0v) is 12.7. The number of aliphatic hydroxyl groups is 1. The minimum atomic E-state index is -0.935. The van der Waals surface area contributed by atoms with E-state index in [9.17, 15) is 13.9 Å². The Morgan fingerprint density at radius 2 is 2.05 bits per heavy atom. The van der Waals surface area contributed by atoms with Gasteiger partial charge in [-0.15, -0.1) is 11.3 Å². The van der Waals surface area contributed by atoms with Crippen molar-refractivity contribution < 1.29 is 13.9 Å². The summed E-state index contributed by atoms with van der Waals surface area (Å²) in [6.07, 6.45) is 1.13. The lowest BCUT2D eigenvalue weighted by Gasteiger charge is -2.19. The molecule has 0 radical (unpaired) electrons. The molecular weight excluding hydrogens is 292 g/mol. The van der Waals surface area contributed by atoms with Crippen molar-refractivity contribution in [1.82, 2.24) is 5.32 Å². The Morgan fingerprint density at radius 1 is 1.24 bits per heavy atom. The van der Waals surface area contributed by atoms with Crippen LogP contribution in [0.5, 0.6) is 0 Å². The Kier molecular flexibility index (Phi) is 5.85. The molecule has 2 aromatic rings. The molecule has 21 heavy (non-hydrogen) atoms. The lowest BCUT2D eigenvalue weighted by molar-refractivity contribution is 0.168. The van der Waals surface area contributed by atoms with Gasteiger partial charge in [-0.3, -0.25) is 0 Å². The van der Waals surface area contributed by atoms with Gasteiger partial charge in [0.15, 0.2) is 11.6 Å². The summed E-state index contributed by atoms with van der Waals surface area (Å²) >= 11 is 1.67. The lowest BCUT2D eigenvalue weighted by Crippen LogP contribution is -2.26. The first-order valence-electron chi connectivity index (χ1n) is 7.01. The van der Waals surface area contributed by atoms with Gasteiger partial charge in [-0.1, -0.05) is 25.5 Å². The van der Waals surface area contributed by atoms with Crippen molar-refractivity contribution in [2.45, 2.75) is 31.9 Å². The molecule has 2 atom stereocenters. The highest BCUT2D eigenvalue weighted by Gasteiger charge is 2.15. The number of benzene rings is 1. The fourth-order valence-electron chi connectivity index (χ4n) is 2.21. The van der Waals surface area contributed by atoms with Gasteiger partial charge in [-0.2, -0.15) is 0 Å². The predicted octanol–water partition coefficient (Wildman–Crippen LogP) is 4.19. The lowest BCUT2D eigenvalue weighted by atomic mass is 10.1. The van der Waals surface area contributed by atoms with Gasteiger partial charge in [0.2, 0.25) is 0 Å². The van der Waals surface area contributed by atoms with E-state index in [0.717, 1.165) is 25.0 Å². The second-order valence-electron chi connectivity index (χ2n) is 4.95. The third-order valence-electron chi connectivity index (χ3n) is 3.35. The van der Waals surface area contributed by atoms with E-state index in [0.29, 0.717) is 12.1 Å². The van der Waals surface area contributed by atoms with Crippen LogP contribution < -0.4 is 5.32 Å². The number of nitrogens with one attached hydrogen (secondary N) is 1. The summed E-state index contributed by atoms with van der Waals surface area (Å²) in [4.78, 5) is 1.22. The quantitative estimate of drug-likeness (QED) is 0.803. The van der Waals surface area contributed by atoms with E-state index in [1.807, 2.05) is 11.4 Å². The minimum absolute atomic E-state index is 0.176. The van der Waals surface area contributed by atoms with Crippen molar-refractivity contribution in [2.24, 2.45) is 0 Å². The van der Waals surface area contributed by atoms with E-state index < -0.39 is 17.7 Å². The summed E-state index contributed by atoms with van der Waals surface area (Å²) < 4.78 is 26.1. The minimum Gasteiger partial charge on any atom is -0.387 e. The molecule has 114 valence electrons. The van der Waals surface area contributed by atoms with Gasteiger partial charge in [0.1, 0.15) is 0 Å². The maximum Gasteiger partial charge on any atom is 0.159 e. The first-order valence-corrected chi connectivity index (χ1v) is 7.89. The molecule has 0 amide bonds. The summed E-state index contributed by atoms with van der Waals surface area (Å²) in [5, 5.41) is 15.4. The van der Waals surface area contributed by atoms with E-state index in [1.165, 1.54) is 10.9 Å². The van der Waals surface area contributed by atoms with Gasteiger partial charge in [-0.25, -0.2) is 8.78 Å². The number of halogens is 2. The molecule has 2 N–H and O–H groups in total. The van der Waals surface area contributed by atoms with Crippen molar-refractivity contribution in [3.05, 3.63) is 57.8 Å². The molecular formula is C16H19F2NOS. The molecule has 0 bridgehead atoms. The molecule has 0 saturated heterocycles. The number of hydrogen-bond donors (Lipinski definition) is 2. The molecule has 1 heterocycles. The summed E-state index contributed by atoms with van der Waals surface area (Å²) in [7, 11) is 0. The van der Waals surface area contributed by atoms with Crippen LogP contribution in [-0.2, 0) is 0 Å². The second-order valence-corrected chi connectivity index (χ2v) is 5.93. The van der Waals surface area contributed by atoms with Crippen molar-refractivity contribution in [2.75, 3.05) is 6.54 Å². The average molecular weight is 311 g/mol. The maximum absolute atomic E-state index is 13.2. The molecule has 0 spiro atoms. The van der Waals surface area contributed by atoms with Crippen molar-refractivity contribution in [3.63, 3.8) is 0 Å². The number of rotatable bonds is 7. The second kappa shape index (κ2) is 7.64. The van der Waals surface area contributed by atoms with Crippen molar-refractivity contribution >= 4 is 11.3 Å².